The molecule has 2 amide bonds. The number of urea groups is 1. The number of hydrogen-bond acceptors (Lipinski definition) is 3. The molecule has 1 aliphatic heterocycles. The Kier molecular flexibility index (Phi) is 4.92. The third-order valence-corrected chi connectivity index (χ3v) is 3.89. The second kappa shape index (κ2) is 6.51. The molecule has 0 saturated carbocycles. The number of benzene rings is 1. The lowest BCUT2D eigenvalue weighted by atomic mass is 10.2. The van der Waals surface area contributed by atoms with Gasteiger partial charge >= 0.3 is 12.0 Å². The summed E-state index contributed by atoms with van der Waals surface area (Å²) in [7, 11) is 1.65. The van der Waals surface area contributed by atoms with Gasteiger partial charge in [0.25, 0.3) is 0 Å². The molecule has 0 aliphatic carbocycles. The molecule has 0 radical (unpaired) electrons. The normalized spacial score (nSPS) is 17.6. The van der Waals surface area contributed by atoms with Gasteiger partial charge in [0.05, 0.1) is 33.9 Å². The first-order chi connectivity index (χ1) is 9.90. The SMILES string of the molecule is CN(C(=O)Nc1c(Cl)cc(C(=O)O)cc1Cl)C1CCOC1. The van der Waals surface area contributed by atoms with Crippen LogP contribution in [0.1, 0.15) is 16.8 Å². The maximum Gasteiger partial charge on any atom is 0.335 e. The number of carboxylic acids is 1. The van der Waals surface area contributed by atoms with Crippen molar-refractivity contribution in [3.8, 4) is 0 Å². The summed E-state index contributed by atoms with van der Waals surface area (Å²) in [5.41, 5.74) is 0.152. The fourth-order valence-corrected chi connectivity index (χ4v) is 2.59. The van der Waals surface area contributed by atoms with Crippen molar-refractivity contribution >= 4 is 40.9 Å². The number of nitrogens with one attached hydrogen (secondary N) is 1. The third kappa shape index (κ3) is 3.58. The highest BCUT2D eigenvalue weighted by Gasteiger charge is 2.25. The minimum Gasteiger partial charge on any atom is -0.478 e. The van der Waals surface area contributed by atoms with Gasteiger partial charge in [-0.05, 0) is 18.6 Å². The number of rotatable bonds is 3. The Balaban J connectivity index is 2.15. The van der Waals surface area contributed by atoms with E-state index in [1.165, 1.54) is 17.0 Å². The Morgan fingerprint density at radius 1 is 1.38 bits per heavy atom. The van der Waals surface area contributed by atoms with Crippen LogP contribution in [0.15, 0.2) is 12.1 Å². The van der Waals surface area contributed by atoms with Crippen LogP contribution >= 0.6 is 23.2 Å². The number of aromatic carboxylic acids is 1. The van der Waals surface area contributed by atoms with Crippen LogP contribution in [0.2, 0.25) is 10.0 Å². The Morgan fingerprint density at radius 2 is 2.00 bits per heavy atom. The maximum atomic E-state index is 12.1. The Labute approximate surface area is 131 Å². The summed E-state index contributed by atoms with van der Waals surface area (Å²) >= 11 is 12.0. The van der Waals surface area contributed by atoms with Crippen molar-refractivity contribution in [2.24, 2.45) is 0 Å². The number of amides is 2. The minimum absolute atomic E-state index is 0.000781. The van der Waals surface area contributed by atoms with Gasteiger partial charge in [0.15, 0.2) is 0 Å². The molecule has 1 fully saturated rings. The van der Waals surface area contributed by atoms with E-state index in [9.17, 15) is 9.59 Å². The molecular formula is C13H14Cl2N2O4. The fraction of sp³-hybridized carbons (Fsp3) is 0.385. The lowest BCUT2D eigenvalue weighted by molar-refractivity contribution is 0.0697. The maximum absolute atomic E-state index is 12.1. The van der Waals surface area contributed by atoms with Crippen LogP contribution in [0.4, 0.5) is 10.5 Å². The monoisotopic (exact) mass is 332 g/mol. The van der Waals surface area contributed by atoms with Gasteiger partial charge in [0.2, 0.25) is 0 Å². The molecule has 0 spiro atoms. The van der Waals surface area contributed by atoms with Crippen molar-refractivity contribution in [3.05, 3.63) is 27.7 Å². The van der Waals surface area contributed by atoms with Crippen LogP contribution < -0.4 is 5.32 Å². The molecule has 8 heteroatoms. The number of carboxylic acid groups (broad SMARTS) is 1. The summed E-state index contributed by atoms with van der Waals surface area (Å²) in [4.78, 5) is 24.6. The Bertz CT molecular complexity index is 550. The van der Waals surface area contributed by atoms with Gasteiger partial charge < -0.3 is 20.1 Å². The summed E-state index contributed by atoms with van der Waals surface area (Å²) in [5.74, 6) is -1.14. The van der Waals surface area contributed by atoms with Crippen LogP contribution in [-0.2, 0) is 4.74 Å². The summed E-state index contributed by atoms with van der Waals surface area (Å²) < 4.78 is 5.23. The number of likely N-dealkylation sites (N-methyl/N-ethyl adjacent to an activating group) is 1. The smallest absolute Gasteiger partial charge is 0.335 e. The first-order valence-corrected chi connectivity index (χ1v) is 6.99. The molecular weight excluding hydrogens is 319 g/mol. The lowest BCUT2D eigenvalue weighted by Crippen LogP contribution is -2.40. The first-order valence-electron chi connectivity index (χ1n) is 6.24. The molecule has 114 valence electrons. The number of carbonyl (C=O) groups is 2. The van der Waals surface area contributed by atoms with Crippen molar-refractivity contribution in [2.45, 2.75) is 12.5 Å². The third-order valence-electron chi connectivity index (χ3n) is 3.29. The van der Waals surface area contributed by atoms with Gasteiger partial charge in [-0.2, -0.15) is 0 Å². The topological polar surface area (TPSA) is 78.9 Å². The van der Waals surface area contributed by atoms with Gasteiger partial charge in [0.1, 0.15) is 0 Å². The van der Waals surface area contributed by atoms with Crippen molar-refractivity contribution < 1.29 is 19.4 Å². The molecule has 1 saturated heterocycles. The van der Waals surface area contributed by atoms with Gasteiger partial charge in [-0.25, -0.2) is 9.59 Å². The molecule has 6 nitrogen and oxygen atoms in total. The molecule has 0 bridgehead atoms. The molecule has 1 atom stereocenters. The fourth-order valence-electron chi connectivity index (χ4n) is 2.00. The predicted octanol–water partition coefficient (Wildman–Crippen LogP) is 2.94. The standard InChI is InChI=1S/C13H14Cl2N2O4/c1-17(8-2-3-21-6-8)13(20)16-11-9(14)4-7(12(18)19)5-10(11)15/h4-5,8H,2-3,6H2,1H3,(H,16,20)(H,18,19). The van der Waals surface area contributed by atoms with E-state index >= 15 is 0 Å². The molecule has 2 rings (SSSR count). The van der Waals surface area contributed by atoms with E-state index in [0.717, 1.165) is 6.42 Å². The zero-order valence-electron chi connectivity index (χ0n) is 11.2. The molecule has 2 N–H and O–H groups in total. The molecule has 1 heterocycles. The van der Waals surface area contributed by atoms with E-state index in [0.29, 0.717) is 13.2 Å². The van der Waals surface area contributed by atoms with Gasteiger partial charge in [-0.1, -0.05) is 23.2 Å². The van der Waals surface area contributed by atoms with E-state index in [1.54, 1.807) is 7.05 Å². The molecule has 1 aliphatic rings. The van der Waals surface area contributed by atoms with Crippen LogP contribution in [-0.4, -0.2) is 48.3 Å². The lowest BCUT2D eigenvalue weighted by Gasteiger charge is -2.24. The minimum atomic E-state index is -1.14. The zero-order chi connectivity index (χ0) is 15.6. The van der Waals surface area contributed by atoms with E-state index in [-0.39, 0.29) is 33.4 Å². The average Bonchev–Trinajstić information content (AvgIpc) is 2.95. The van der Waals surface area contributed by atoms with Crippen molar-refractivity contribution in [2.75, 3.05) is 25.6 Å². The molecule has 0 aromatic heterocycles. The highest BCUT2D eigenvalue weighted by molar-refractivity contribution is 6.40. The van der Waals surface area contributed by atoms with Crippen LogP contribution in [0.25, 0.3) is 0 Å². The summed E-state index contributed by atoms with van der Waals surface area (Å²) in [5, 5.41) is 11.7. The summed E-state index contributed by atoms with van der Waals surface area (Å²) in [6.07, 6.45) is 0.767. The second-order valence-electron chi connectivity index (χ2n) is 4.68. The summed E-state index contributed by atoms with van der Waals surface area (Å²) in [6.45, 7) is 1.11. The largest absolute Gasteiger partial charge is 0.478 e. The highest BCUT2D eigenvalue weighted by Crippen LogP contribution is 2.32. The van der Waals surface area contributed by atoms with Gasteiger partial charge in [0, 0.05) is 13.7 Å². The van der Waals surface area contributed by atoms with Gasteiger partial charge in [-0.3, -0.25) is 0 Å². The van der Waals surface area contributed by atoms with Crippen LogP contribution in [0.3, 0.4) is 0 Å². The molecule has 21 heavy (non-hydrogen) atoms. The van der Waals surface area contributed by atoms with E-state index in [4.69, 9.17) is 33.0 Å². The Hall–Kier alpha value is -1.50. The number of carbonyl (C=O) groups excluding carboxylic acids is 1. The van der Waals surface area contributed by atoms with Crippen molar-refractivity contribution in [1.82, 2.24) is 4.90 Å². The van der Waals surface area contributed by atoms with E-state index in [2.05, 4.69) is 5.32 Å². The van der Waals surface area contributed by atoms with Gasteiger partial charge in [-0.15, -0.1) is 0 Å². The highest BCUT2D eigenvalue weighted by atomic mass is 35.5. The predicted molar refractivity (Wildman–Crippen MR) is 79.4 cm³/mol. The number of hydrogen-bond donors (Lipinski definition) is 2. The second-order valence-corrected chi connectivity index (χ2v) is 5.49. The first kappa shape index (κ1) is 15.9. The quantitative estimate of drug-likeness (QED) is 0.891. The van der Waals surface area contributed by atoms with E-state index < -0.39 is 5.97 Å². The van der Waals surface area contributed by atoms with Crippen LogP contribution in [0, 0.1) is 0 Å². The zero-order valence-corrected chi connectivity index (χ0v) is 12.7. The number of anilines is 1. The molecule has 1 aromatic carbocycles. The average molecular weight is 333 g/mol. The van der Waals surface area contributed by atoms with Crippen molar-refractivity contribution in [1.29, 1.82) is 0 Å². The molecule has 1 unspecified atom stereocenters. The number of halogens is 2. The van der Waals surface area contributed by atoms with Crippen molar-refractivity contribution in [3.63, 3.8) is 0 Å². The summed E-state index contributed by atoms with van der Waals surface area (Å²) in [6, 6.07) is 2.10. The van der Waals surface area contributed by atoms with E-state index in [1.807, 2.05) is 0 Å². The number of nitrogens with zero attached hydrogens (tertiary/aromatic N) is 1. The Morgan fingerprint density at radius 3 is 2.48 bits per heavy atom. The molecule has 1 aromatic rings. The number of ether oxygens (including phenoxy) is 1. The van der Waals surface area contributed by atoms with Crippen LogP contribution in [0.5, 0.6) is 0 Å².